The molecule has 118 valence electrons. The third-order valence-electron chi connectivity index (χ3n) is 5.23. The zero-order valence-corrected chi connectivity index (χ0v) is 12.8. The van der Waals surface area contributed by atoms with Crippen LogP contribution in [-0.2, 0) is 11.2 Å². The minimum atomic E-state index is -0.0195. The molecule has 22 heavy (non-hydrogen) atoms. The van der Waals surface area contributed by atoms with Crippen LogP contribution in [0.1, 0.15) is 37.7 Å². The van der Waals surface area contributed by atoms with E-state index < -0.39 is 0 Å². The molecule has 2 aliphatic heterocycles. The molecule has 0 spiro atoms. The fourth-order valence-electron chi connectivity index (χ4n) is 3.87. The normalized spacial score (nSPS) is 31.0. The standard InChI is InChI=1S/C18H24N2O2/c21-18(20-16-11-14-8-9-17(16)22-14)19-15(13-6-7-13)10-12-4-2-1-3-5-12/h1-5,13-17H,6-11H2,(H2,19,20,21)/t14-,15+,16-,17-/m1/s1. The Morgan fingerprint density at radius 1 is 1.18 bits per heavy atom. The van der Waals surface area contributed by atoms with Crippen molar-refractivity contribution >= 4 is 6.03 Å². The zero-order valence-electron chi connectivity index (χ0n) is 12.8. The average molecular weight is 300 g/mol. The van der Waals surface area contributed by atoms with Gasteiger partial charge in [-0.1, -0.05) is 30.3 Å². The van der Waals surface area contributed by atoms with Crippen molar-refractivity contribution in [3.63, 3.8) is 0 Å². The molecule has 4 atom stereocenters. The van der Waals surface area contributed by atoms with Gasteiger partial charge in [0.15, 0.2) is 0 Å². The number of hydrogen-bond acceptors (Lipinski definition) is 2. The van der Waals surface area contributed by atoms with E-state index in [1.54, 1.807) is 0 Å². The van der Waals surface area contributed by atoms with Crippen LogP contribution in [0.25, 0.3) is 0 Å². The van der Waals surface area contributed by atoms with E-state index in [9.17, 15) is 4.79 Å². The van der Waals surface area contributed by atoms with Crippen molar-refractivity contribution in [2.45, 2.75) is 62.8 Å². The Kier molecular flexibility index (Phi) is 3.78. The highest BCUT2D eigenvalue weighted by Crippen LogP contribution is 2.35. The molecule has 1 aromatic rings. The summed E-state index contributed by atoms with van der Waals surface area (Å²) in [6.45, 7) is 0. The van der Waals surface area contributed by atoms with Gasteiger partial charge < -0.3 is 15.4 Å². The number of fused-ring (bicyclic) bond motifs is 2. The van der Waals surface area contributed by atoms with E-state index in [0.29, 0.717) is 12.0 Å². The lowest BCUT2D eigenvalue weighted by molar-refractivity contribution is 0.0980. The highest BCUT2D eigenvalue weighted by molar-refractivity contribution is 5.74. The molecule has 4 heteroatoms. The first kappa shape index (κ1) is 14.1. The molecule has 2 amide bonds. The van der Waals surface area contributed by atoms with Crippen molar-refractivity contribution in [3.05, 3.63) is 35.9 Å². The molecule has 2 saturated heterocycles. The zero-order chi connectivity index (χ0) is 14.9. The Balaban J connectivity index is 1.32. The molecule has 1 saturated carbocycles. The molecule has 3 aliphatic rings. The first-order chi connectivity index (χ1) is 10.8. The Bertz CT molecular complexity index is 529. The molecule has 0 unspecified atom stereocenters. The van der Waals surface area contributed by atoms with E-state index in [4.69, 9.17) is 4.74 Å². The van der Waals surface area contributed by atoms with Gasteiger partial charge in [-0.3, -0.25) is 0 Å². The predicted molar refractivity (Wildman–Crippen MR) is 84.6 cm³/mol. The van der Waals surface area contributed by atoms with Gasteiger partial charge in [0.1, 0.15) is 0 Å². The smallest absolute Gasteiger partial charge is 0.315 e. The summed E-state index contributed by atoms with van der Waals surface area (Å²) in [4.78, 5) is 12.3. The minimum Gasteiger partial charge on any atom is -0.373 e. The van der Waals surface area contributed by atoms with Gasteiger partial charge in [0.25, 0.3) is 0 Å². The summed E-state index contributed by atoms with van der Waals surface area (Å²) in [5.41, 5.74) is 1.29. The Morgan fingerprint density at radius 2 is 2.00 bits per heavy atom. The summed E-state index contributed by atoms with van der Waals surface area (Å²) in [6.07, 6.45) is 7.22. The van der Waals surface area contributed by atoms with E-state index in [1.165, 1.54) is 18.4 Å². The molecule has 0 radical (unpaired) electrons. The van der Waals surface area contributed by atoms with Gasteiger partial charge in [0.2, 0.25) is 0 Å². The number of nitrogens with one attached hydrogen (secondary N) is 2. The van der Waals surface area contributed by atoms with E-state index in [1.807, 2.05) is 6.07 Å². The number of rotatable bonds is 5. The first-order valence-corrected chi connectivity index (χ1v) is 8.54. The molecule has 2 bridgehead atoms. The topological polar surface area (TPSA) is 50.4 Å². The molecule has 0 aromatic heterocycles. The molecule has 2 heterocycles. The molecular weight excluding hydrogens is 276 g/mol. The van der Waals surface area contributed by atoms with Gasteiger partial charge in [0.05, 0.1) is 18.2 Å². The van der Waals surface area contributed by atoms with E-state index >= 15 is 0 Å². The molecule has 3 fully saturated rings. The van der Waals surface area contributed by atoms with Crippen molar-refractivity contribution in [2.75, 3.05) is 0 Å². The Labute approximate surface area is 131 Å². The van der Waals surface area contributed by atoms with Crippen molar-refractivity contribution in [3.8, 4) is 0 Å². The van der Waals surface area contributed by atoms with Crippen molar-refractivity contribution in [2.24, 2.45) is 5.92 Å². The van der Waals surface area contributed by atoms with Crippen molar-refractivity contribution < 1.29 is 9.53 Å². The number of benzene rings is 1. The third-order valence-corrected chi connectivity index (χ3v) is 5.23. The largest absolute Gasteiger partial charge is 0.373 e. The monoisotopic (exact) mass is 300 g/mol. The second kappa shape index (κ2) is 5.92. The van der Waals surface area contributed by atoms with E-state index in [-0.39, 0.29) is 24.2 Å². The maximum atomic E-state index is 12.3. The Hall–Kier alpha value is -1.55. The van der Waals surface area contributed by atoms with E-state index in [0.717, 1.165) is 25.7 Å². The molecule has 1 aliphatic carbocycles. The second-order valence-corrected chi connectivity index (χ2v) is 6.97. The highest BCUT2D eigenvalue weighted by atomic mass is 16.5. The highest BCUT2D eigenvalue weighted by Gasteiger charge is 2.42. The first-order valence-electron chi connectivity index (χ1n) is 8.54. The van der Waals surface area contributed by atoms with Gasteiger partial charge in [-0.25, -0.2) is 4.79 Å². The molecule has 2 N–H and O–H groups in total. The number of urea groups is 1. The van der Waals surface area contributed by atoms with Crippen LogP contribution in [0.4, 0.5) is 4.79 Å². The minimum absolute atomic E-state index is 0.0195. The van der Waals surface area contributed by atoms with Gasteiger partial charge in [-0.05, 0) is 50.0 Å². The van der Waals surface area contributed by atoms with Crippen LogP contribution in [0, 0.1) is 5.92 Å². The SMILES string of the molecule is O=C(N[C@@H](Cc1ccccc1)C1CC1)N[C@@H]1C[C@H]2CC[C@H]1O2. The molecule has 1 aromatic carbocycles. The summed E-state index contributed by atoms with van der Waals surface area (Å²) < 4.78 is 5.80. The number of ether oxygens (including phenoxy) is 1. The lowest BCUT2D eigenvalue weighted by atomic mass is 9.95. The van der Waals surface area contributed by atoms with Crippen LogP contribution < -0.4 is 10.6 Å². The maximum absolute atomic E-state index is 12.3. The third kappa shape index (κ3) is 3.12. The number of amides is 2. The summed E-state index contributed by atoms with van der Waals surface area (Å²) in [5.74, 6) is 0.641. The quantitative estimate of drug-likeness (QED) is 0.878. The lowest BCUT2D eigenvalue weighted by Crippen LogP contribution is -2.50. The molecule has 4 rings (SSSR count). The summed E-state index contributed by atoms with van der Waals surface area (Å²) in [5, 5.41) is 6.34. The lowest BCUT2D eigenvalue weighted by Gasteiger charge is -2.23. The molecular formula is C18H24N2O2. The van der Waals surface area contributed by atoms with E-state index in [2.05, 4.69) is 34.9 Å². The van der Waals surface area contributed by atoms with Gasteiger partial charge in [0, 0.05) is 6.04 Å². The Morgan fingerprint density at radius 3 is 2.64 bits per heavy atom. The van der Waals surface area contributed by atoms with Gasteiger partial charge in [-0.15, -0.1) is 0 Å². The van der Waals surface area contributed by atoms with Crippen LogP contribution in [0.15, 0.2) is 30.3 Å². The van der Waals surface area contributed by atoms with Gasteiger partial charge >= 0.3 is 6.03 Å². The fourth-order valence-corrected chi connectivity index (χ4v) is 3.87. The van der Waals surface area contributed by atoms with Crippen LogP contribution in [-0.4, -0.2) is 30.3 Å². The summed E-state index contributed by atoms with van der Waals surface area (Å²) in [7, 11) is 0. The second-order valence-electron chi connectivity index (χ2n) is 6.97. The van der Waals surface area contributed by atoms with Crippen LogP contribution in [0.5, 0.6) is 0 Å². The molecule has 4 nitrogen and oxygen atoms in total. The number of carbonyl (C=O) groups is 1. The van der Waals surface area contributed by atoms with Crippen LogP contribution >= 0.6 is 0 Å². The van der Waals surface area contributed by atoms with Crippen LogP contribution in [0.2, 0.25) is 0 Å². The average Bonchev–Trinajstić information content (AvgIpc) is 3.17. The van der Waals surface area contributed by atoms with Crippen molar-refractivity contribution in [1.29, 1.82) is 0 Å². The predicted octanol–water partition coefficient (Wildman–Crippen LogP) is 2.63. The summed E-state index contributed by atoms with van der Waals surface area (Å²) >= 11 is 0. The van der Waals surface area contributed by atoms with Crippen LogP contribution in [0.3, 0.4) is 0 Å². The van der Waals surface area contributed by atoms with Gasteiger partial charge in [-0.2, -0.15) is 0 Å². The summed E-state index contributed by atoms with van der Waals surface area (Å²) in [6, 6.07) is 10.9. The fraction of sp³-hybridized carbons (Fsp3) is 0.611. The van der Waals surface area contributed by atoms with Crippen molar-refractivity contribution in [1.82, 2.24) is 10.6 Å². The maximum Gasteiger partial charge on any atom is 0.315 e. The number of hydrogen-bond donors (Lipinski definition) is 2. The number of carbonyl (C=O) groups excluding carboxylic acids is 1.